The molecule has 0 bridgehead atoms. The van der Waals surface area contributed by atoms with Gasteiger partial charge in [0.25, 0.3) is 0 Å². The standard InChI is InChI=1S/C11H19N3O2/c1-3-16-11(15)5-4-6-12-9-10-13-7-8-14(10)2/h7-8,12H,3-6,9H2,1-2H3. The highest BCUT2D eigenvalue weighted by Gasteiger charge is 2.01. The summed E-state index contributed by atoms with van der Waals surface area (Å²) in [4.78, 5) is 15.2. The Labute approximate surface area is 95.8 Å². The second kappa shape index (κ2) is 7.00. The van der Waals surface area contributed by atoms with E-state index in [0.717, 1.165) is 25.3 Å². The van der Waals surface area contributed by atoms with Crippen molar-refractivity contribution in [2.24, 2.45) is 7.05 Å². The molecule has 1 rings (SSSR count). The van der Waals surface area contributed by atoms with Crippen molar-refractivity contribution >= 4 is 5.97 Å². The highest BCUT2D eigenvalue weighted by atomic mass is 16.5. The maximum absolute atomic E-state index is 11.0. The van der Waals surface area contributed by atoms with Crippen LogP contribution in [-0.2, 0) is 23.1 Å². The van der Waals surface area contributed by atoms with Gasteiger partial charge < -0.3 is 14.6 Å². The van der Waals surface area contributed by atoms with Crippen LogP contribution in [0.3, 0.4) is 0 Å². The van der Waals surface area contributed by atoms with Gasteiger partial charge in [0.05, 0.1) is 13.2 Å². The first-order chi connectivity index (χ1) is 7.74. The normalized spacial score (nSPS) is 10.4. The Kier molecular flexibility index (Phi) is 5.56. The summed E-state index contributed by atoms with van der Waals surface area (Å²) in [7, 11) is 1.96. The van der Waals surface area contributed by atoms with Gasteiger partial charge in [-0.15, -0.1) is 0 Å². The zero-order chi connectivity index (χ0) is 11.8. The second-order valence-corrected chi connectivity index (χ2v) is 3.54. The number of carbonyl (C=O) groups is 1. The van der Waals surface area contributed by atoms with Gasteiger partial charge in [0.2, 0.25) is 0 Å². The second-order valence-electron chi connectivity index (χ2n) is 3.54. The Bertz CT molecular complexity index is 323. The number of imidazole rings is 1. The molecule has 0 saturated heterocycles. The third kappa shape index (κ3) is 4.44. The first-order valence-corrected chi connectivity index (χ1v) is 5.56. The molecule has 0 atom stereocenters. The van der Waals surface area contributed by atoms with E-state index in [9.17, 15) is 4.79 Å². The van der Waals surface area contributed by atoms with Gasteiger partial charge in [-0.1, -0.05) is 0 Å². The van der Waals surface area contributed by atoms with Gasteiger partial charge in [-0.3, -0.25) is 4.79 Å². The number of rotatable bonds is 7. The van der Waals surface area contributed by atoms with Gasteiger partial charge in [0.15, 0.2) is 0 Å². The fourth-order valence-electron chi connectivity index (χ4n) is 1.36. The molecule has 1 aromatic rings. The molecule has 0 spiro atoms. The van der Waals surface area contributed by atoms with Crippen LogP contribution in [0.25, 0.3) is 0 Å². The number of aromatic nitrogens is 2. The number of esters is 1. The first kappa shape index (κ1) is 12.7. The van der Waals surface area contributed by atoms with E-state index < -0.39 is 0 Å². The minimum absolute atomic E-state index is 0.124. The number of hydrogen-bond donors (Lipinski definition) is 1. The lowest BCUT2D eigenvalue weighted by atomic mass is 10.3. The number of ether oxygens (including phenoxy) is 1. The van der Waals surface area contributed by atoms with Crippen molar-refractivity contribution in [3.05, 3.63) is 18.2 Å². The molecule has 0 unspecified atom stereocenters. The summed E-state index contributed by atoms with van der Waals surface area (Å²) >= 11 is 0. The number of carbonyl (C=O) groups excluding carboxylic acids is 1. The molecule has 0 fully saturated rings. The Morgan fingerprint density at radius 2 is 2.44 bits per heavy atom. The Balaban J connectivity index is 2.04. The maximum Gasteiger partial charge on any atom is 0.305 e. The van der Waals surface area contributed by atoms with Crippen LogP contribution in [0.4, 0.5) is 0 Å². The van der Waals surface area contributed by atoms with E-state index in [0.29, 0.717) is 13.0 Å². The molecule has 0 amide bonds. The van der Waals surface area contributed by atoms with Crippen LogP contribution in [0.5, 0.6) is 0 Å². The molecule has 5 nitrogen and oxygen atoms in total. The van der Waals surface area contributed by atoms with Crippen LogP contribution in [-0.4, -0.2) is 28.7 Å². The molecule has 5 heteroatoms. The molecule has 0 aliphatic carbocycles. The van der Waals surface area contributed by atoms with Gasteiger partial charge in [0.1, 0.15) is 5.82 Å². The van der Waals surface area contributed by atoms with Gasteiger partial charge in [-0.05, 0) is 19.9 Å². The number of hydrogen-bond acceptors (Lipinski definition) is 4. The summed E-state index contributed by atoms with van der Waals surface area (Å²) < 4.78 is 6.80. The van der Waals surface area contributed by atoms with E-state index in [1.165, 1.54) is 0 Å². The van der Waals surface area contributed by atoms with Crippen molar-refractivity contribution in [2.75, 3.05) is 13.2 Å². The Morgan fingerprint density at radius 3 is 3.06 bits per heavy atom. The fourth-order valence-corrected chi connectivity index (χ4v) is 1.36. The van der Waals surface area contributed by atoms with Crippen molar-refractivity contribution in [1.82, 2.24) is 14.9 Å². The summed E-state index contributed by atoms with van der Waals surface area (Å²) in [5.74, 6) is 0.873. The lowest BCUT2D eigenvalue weighted by molar-refractivity contribution is -0.143. The van der Waals surface area contributed by atoms with E-state index in [1.54, 1.807) is 6.20 Å². The van der Waals surface area contributed by atoms with E-state index in [4.69, 9.17) is 4.74 Å². The average Bonchev–Trinajstić information content (AvgIpc) is 2.64. The molecule has 1 heterocycles. The van der Waals surface area contributed by atoms with E-state index >= 15 is 0 Å². The summed E-state index contributed by atoms with van der Waals surface area (Å²) in [6, 6.07) is 0. The minimum Gasteiger partial charge on any atom is -0.466 e. The lowest BCUT2D eigenvalue weighted by Crippen LogP contribution is -2.18. The van der Waals surface area contributed by atoms with Gasteiger partial charge in [0, 0.05) is 25.9 Å². The Hall–Kier alpha value is -1.36. The monoisotopic (exact) mass is 225 g/mol. The van der Waals surface area contributed by atoms with Crippen molar-refractivity contribution in [3.63, 3.8) is 0 Å². The van der Waals surface area contributed by atoms with Gasteiger partial charge >= 0.3 is 5.97 Å². The van der Waals surface area contributed by atoms with Crippen LogP contribution >= 0.6 is 0 Å². The van der Waals surface area contributed by atoms with E-state index in [1.807, 2.05) is 24.7 Å². The molecule has 1 aromatic heterocycles. The van der Waals surface area contributed by atoms with Crippen LogP contribution in [0.15, 0.2) is 12.4 Å². The maximum atomic E-state index is 11.0. The largest absolute Gasteiger partial charge is 0.466 e. The SMILES string of the molecule is CCOC(=O)CCCNCc1nccn1C. The van der Waals surface area contributed by atoms with Crippen molar-refractivity contribution in [1.29, 1.82) is 0 Å². The molecule has 0 aliphatic rings. The van der Waals surface area contributed by atoms with E-state index in [2.05, 4.69) is 10.3 Å². The highest BCUT2D eigenvalue weighted by molar-refractivity contribution is 5.69. The minimum atomic E-state index is -0.124. The van der Waals surface area contributed by atoms with Crippen molar-refractivity contribution in [2.45, 2.75) is 26.3 Å². The molecule has 1 N–H and O–H groups in total. The highest BCUT2D eigenvalue weighted by Crippen LogP contribution is 1.95. The first-order valence-electron chi connectivity index (χ1n) is 5.56. The average molecular weight is 225 g/mol. The van der Waals surface area contributed by atoms with Crippen LogP contribution in [0.1, 0.15) is 25.6 Å². The predicted octanol–water partition coefficient (Wildman–Crippen LogP) is 0.853. The molecule has 0 radical (unpaired) electrons. The van der Waals surface area contributed by atoms with Gasteiger partial charge in [-0.25, -0.2) is 4.98 Å². The number of nitrogens with zero attached hydrogens (tertiary/aromatic N) is 2. The predicted molar refractivity (Wildman–Crippen MR) is 60.8 cm³/mol. The third-order valence-corrected chi connectivity index (χ3v) is 2.24. The van der Waals surface area contributed by atoms with Crippen LogP contribution in [0.2, 0.25) is 0 Å². The van der Waals surface area contributed by atoms with Gasteiger partial charge in [-0.2, -0.15) is 0 Å². The molecule has 16 heavy (non-hydrogen) atoms. The smallest absolute Gasteiger partial charge is 0.305 e. The zero-order valence-electron chi connectivity index (χ0n) is 9.90. The number of nitrogens with one attached hydrogen (secondary N) is 1. The van der Waals surface area contributed by atoms with E-state index in [-0.39, 0.29) is 5.97 Å². The Morgan fingerprint density at radius 1 is 1.62 bits per heavy atom. The molecular formula is C11H19N3O2. The molecular weight excluding hydrogens is 206 g/mol. The third-order valence-electron chi connectivity index (χ3n) is 2.24. The topological polar surface area (TPSA) is 56.1 Å². The quantitative estimate of drug-likeness (QED) is 0.552. The summed E-state index contributed by atoms with van der Waals surface area (Å²) in [6.45, 7) is 3.80. The fraction of sp³-hybridized carbons (Fsp3) is 0.636. The van der Waals surface area contributed by atoms with Crippen LogP contribution < -0.4 is 5.32 Å². The number of aryl methyl sites for hydroxylation is 1. The van der Waals surface area contributed by atoms with Crippen LogP contribution in [0, 0.1) is 0 Å². The zero-order valence-corrected chi connectivity index (χ0v) is 9.90. The molecule has 0 saturated carbocycles. The lowest BCUT2D eigenvalue weighted by Gasteiger charge is -2.04. The summed E-state index contributed by atoms with van der Waals surface area (Å²) in [5.41, 5.74) is 0. The van der Waals surface area contributed by atoms with Crippen molar-refractivity contribution < 1.29 is 9.53 Å². The molecule has 0 aromatic carbocycles. The van der Waals surface area contributed by atoms with Crippen molar-refractivity contribution in [3.8, 4) is 0 Å². The molecule has 90 valence electrons. The summed E-state index contributed by atoms with van der Waals surface area (Å²) in [6.07, 6.45) is 4.95. The molecule has 0 aliphatic heterocycles. The summed E-state index contributed by atoms with van der Waals surface area (Å²) in [5, 5.41) is 3.23.